The summed E-state index contributed by atoms with van der Waals surface area (Å²) in [6.07, 6.45) is 1.38. The fourth-order valence-electron chi connectivity index (χ4n) is 3.14. The molecule has 164 valence electrons. The highest BCUT2D eigenvalue weighted by atomic mass is 16.5. The summed E-state index contributed by atoms with van der Waals surface area (Å²) in [6, 6.07) is 7.95. The molecule has 1 aromatic heterocycles. The summed E-state index contributed by atoms with van der Waals surface area (Å²) in [5, 5.41) is 30.4. The van der Waals surface area contributed by atoms with Gasteiger partial charge in [0.25, 0.3) is 0 Å². The summed E-state index contributed by atoms with van der Waals surface area (Å²) >= 11 is 0. The van der Waals surface area contributed by atoms with Crippen molar-refractivity contribution in [1.82, 2.24) is 0 Å². The summed E-state index contributed by atoms with van der Waals surface area (Å²) in [5.41, 5.74) is 1.42. The SMILES string of the molecule is COc1ccc(-c2oc3c(CC=C(C)C)c(O)cc(O)c3c(=O)c2OCC(C)O)cc1. The Bertz CT molecular complexity index is 1170. The van der Waals surface area contributed by atoms with Crippen molar-refractivity contribution in [3.63, 3.8) is 0 Å². The van der Waals surface area contributed by atoms with E-state index in [-0.39, 0.29) is 34.8 Å². The van der Waals surface area contributed by atoms with Crippen molar-refractivity contribution in [2.24, 2.45) is 0 Å². The molecule has 7 heteroatoms. The van der Waals surface area contributed by atoms with Crippen molar-refractivity contribution >= 4 is 11.0 Å². The maximum atomic E-state index is 13.3. The molecule has 3 rings (SSSR count). The van der Waals surface area contributed by atoms with Crippen molar-refractivity contribution in [3.05, 3.63) is 57.8 Å². The Balaban J connectivity index is 2.35. The van der Waals surface area contributed by atoms with Gasteiger partial charge in [-0.25, -0.2) is 0 Å². The van der Waals surface area contributed by atoms with Crippen LogP contribution in [0.25, 0.3) is 22.3 Å². The number of aliphatic hydroxyl groups excluding tert-OH is 1. The van der Waals surface area contributed by atoms with Gasteiger partial charge in [0.05, 0.1) is 13.2 Å². The fraction of sp³-hybridized carbons (Fsp3) is 0.292. The lowest BCUT2D eigenvalue weighted by molar-refractivity contribution is 0.121. The van der Waals surface area contributed by atoms with E-state index >= 15 is 0 Å². The Morgan fingerprint density at radius 2 is 1.84 bits per heavy atom. The number of fused-ring (bicyclic) bond motifs is 1. The van der Waals surface area contributed by atoms with Crippen LogP contribution in [0.4, 0.5) is 0 Å². The van der Waals surface area contributed by atoms with E-state index in [1.54, 1.807) is 31.4 Å². The first-order valence-electron chi connectivity index (χ1n) is 9.86. The van der Waals surface area contributed by atoms with E-state index in [1.165, 1.54) is 6.92 Å². The predicted molar refractivity (Wildman–Crippen MR) is 118 cm³/mol. The third-order valence-electron chi connectivity index (χ3n) is 4.72. The molecule has 0 bridgehead atoms. The van der Waals surface area contributed by atoms with Gasteiger partial charge in [-0.15, -0.1) is 0 Å². The number of aromatic hydroxyl groups is 2. The molecule has 0 aliphatic carbocycles. The zero-order valence-corrected chi connectivity index (χ0v) is 17.9. The van der Waals surface area contributed by atoms with Crippen LogP contribution in [-0.4, -0.2) is 35.1 Å². The number of methoxy groups -OCH3 is 1. The maximum absolute atomic E-state index is 13.3. The van der Waals surface area contributed by atoms with Crippen LogP contribution in [0.2, 0.25) is 0 Å². The van der Waals surface area contributed by atoms with Crippen LogP contribution < -0.4 is 14.9 Å². The molecule has 7 nitrogen and oxygen atoms in total. The first kappa shape index (κ1) is 22.2. The van der Waals surface area contributed by atoms with Crippen LogP contribution in [0.1, 0.15) is 26.3 Å². The molecule has 0 radical (unpaired) electrons. The summed E-state index contributed by atoms with van der Waals surface area (Å²) in [7, 11) is 1.55. The molecular formula is C24H26O7. The molecule has 1 atom stereocenters. The molecule has 0 aliphatic rings. The van der Waals surface area contributed by atoms with Crippen LogP contribution in [0.15, 0.2) is 51.2 Å². The Morgan fingerprint density at radius 3 is 2.42 bits per heavy atom. The Kier molecular flexibility index (Phi) is 6.56. The lowest BCUT2D eigenvalue weighted by Gasteiger charge is -2.15. The minimum absolute atomic E-state index is 0.0789. The molecule has 0 aliphatic heterocycles. The number of ether oxygens (including phenoxy) is 2. The van der Waals surface area contributed by atoms with Crippen LogP contribution in [-0.2, 0) is 6.42 Å². The van der Waals surface area contributed by atoms with Crippen LogP contribution >= 0.6 is 0 Å². The molecule has 3 N–H and O–H groups in total. The van der Waals surface area contributed by atoms with Crippen molar-refractivity contribution in [2.75, 3.05) is 13.7 Å². The fourth-order valence-corrected chi connectivity index (χ4v) is 3.14. The Hall–Kier alpha value is -3.45. The van der Waals surface area contributed by atoms with E-state index in [9.17, 15) is 20.1 Å². The van der Waals surface area contributed by atoms with Gasteiger partial charge < -0.3 is 29.2 Å². The minimum atomic E-state index is -0.819. The van der Waals surface area contributed by atoms with Gasteiger partial charge >= 0.3 is 0 Å². The monoisotopic (exact) mass is 426 g/mol. The number of allylic oxidation sites excluding steroid dienone is 2. The van der Waals surface area contributed by atoms with Crippen molar-refractivity contribution in [3.8, 4) is 34.3 Å². The molecule has 0 saturated heterocycles. The summed E-state index contributed by atoms with van der Waals surface area (Å²) in [6.45, 7) is 5.23. The summed E-state index contributed by atoms with van der Waals surface area (Å²) in [4.78, 5) is 13.3. The topological polar surface area (TPSA) is 109 Å². The lowest BCUT2D eigenvalue weighted by atomic mass is 10.0. The predicted octanol–water partition coefficient (Wildman–Crippen LogP) is 4.15. The zero-order chi connectivity index (χ0) is 22.7. The van der Waals surface area contributed by atoms with E-state index in [2.05, 4.69) is 0 Å². The highest BCUT2D eigenvalue weighted by molar-refractivity contribution is 5.91. The van der Waals surface area contributed by atoms with Gasteiger partial charge in [-0.3, -0.25) is 4.79 Å². The third kappa shape index (κ3) is 4.67. The van der Waals surface area contributed by atoms with Crippen molar-refractivity contribution < 1.29 is 29.2 Å². The van der Waals surface area contributed by atoms with E-state index in [0.717, 1.165) is 11.6 Å². The number of aliphatic hydroxyl groups is 1. The zero-order valence-electron chi connectivity index (χ0n) is 17.9. The molecule has 0 spiro atoms. The number of rotatable bonds is 7. The first-order valence-corrected chi connectivity index (χ1v) is 9.86. The van der Waals surface area contributed by atoms with E-state index in [0.29, 0.717) is 23.3 Å². The van der Waals surface area contributed by atoms with Crippen LogP contribution in [0, 0.1) is 0 Å². The van der Waals surface area contributed by atoms with Gasteiger partial charge in [0.15, 0.2) is 5.76 Å². The molecule has 0 saturated carbocycles. The van der Waals surface area contributed by atoms with Gasteiger partial charge in [-0.1, -0.05) is 11.6 Å². The van der Waals surface area contributed by atoms with Gasteiger partial charge in [0.2, 0.25) is 11.2 Å². The third-order valence-corrected chi connectivity index (χ3v) is 4.72. The second kappa shape index (κ2) is 9.14. The molecule has 31 heavy (non-hydrogen) atoms. The van der Waals surface area contributed by atoms with Crippen molar-refractivity contribution in [2.45, 2.75) is 33.3 Å². The summed E-state index contributed by atoms with van der Waals surface area (Å²) < 4.78 is 16.9. The van der Waals surface area contributed by atoms with Crippen molar-refractivity contribution in [1.29, 1.82) is 0 Å². The van der Waals surface area contributed by atoms with E-state index in [4.69, 9.17) is 13.9 Å². The quantitative estimate of drug-likeness (QED) is 0.487. The number of hydrogen-bond acceptors (Lipinski definition) is 7. The number of phenols is 2. The minimum Gasteiger partial charge on any atom is -0.507 e. The molecule has 1 heterocycles. The molecule has 2 aromatic carbocycles. The highest BCUT2D eigenvalue weighted by Crippen LogP contribution is 2.39. The van der Waals surface area contributed by atoms with E-state index < -0.39 is 17.3 Å². The Labute approximate surface area is 179 Å². The molecule has 0 amide bonds. The summed E-state index contributed by atoms with van der Waals surface area (Å²) in [5.74, 6) is 0.0317. The smallest absolute Gasteiger partial charge is 0.239 e. The van der Waals surface area contributed by atoms with Crippen LogP contribution in [0.5, 0.6) is 23.0 Å². The normalized spacial score (nSPS) is 11.9. The number of phenolic OH excluding ortho intramolecular Hbond substituents is 2. The molecule has 0 fully saturated rings. The molecule has 1 unspecified atom stereocenters. The average molecular weight is 426 g/mol. The van der Waals surface area contributed by atoms with Crippen LogP contribution in [0.3, 0.4) is 0 Å². The van der Waals surface area contributed by atoms with Gasteiger partial charge in [-0.05, 0) is 51.5 Å². The lowest BCUT2D eigenvalue weighted by Crippen LogP contribution is -2.18. The standard InChI is InChI=1S/C24H26O7/c1-13(2)5-10-17-18(26)11-19(27)20-21(28)24(30-12-14(3)25)22(31-23(17)20)15-6-8-16(29-4)9-7-15/h5-9,11,14,25-27H,10,12H2,1-4H3. The highest BCUT2D eigenvalue weighted by Gasteiger charge is 2.24. The second-order valence-electron chi connectivity index (χ2n) is 7.56. The molecule has 3 aromatic rings. The Morgan fingerprint density at radius 1 is 1.16 bits per heavy atom. The molecular weight excluding hydrogens is 400 g/mol. The number of hydrogen-bond donors (Lipinski definition) is 3. The average Bonchev–Trinajstić information content (AvgIpc) is 2.71. The first-order chi connectivity index (χ1) is 14.7. The van der Waals surface area contributed by atoms with E-state index in [1.807, 2.05) is 19.9 Å². The van der Waals surface area contributed by atoms with Gasteiger partial charge in [0, 0.05) is 17.2 Å². The second-order valence-corrected chi connectivity index (χ2v) is 7.56. The number of benzene rings is 2. The largest absolute Gasteiger partial charge is 0.507 e. The van der Waals surface area contributed by atoms with Gasteiger partial charge in [0.1, 0.15) is 34.8 Å². The van der Waals surface area contributed by atoms with Gasteiger partial charge in [-0.2, -0.15) is 0 Å². The maximum Gasteiger partial charge on any atom is 0.239 e.